The van der Waals surface area contributed by atoms with E-state index in [0.29, 0.717) is 0 Å². The minimum atomic E-state index is 1.15. The molecule has 4 heteroatoms. The molecule has 0 radical (unpaired) electrons. The summed E-state index contributed by atoms with van der Waals surface area (Å²) in [7, 11) is 0. The predicted molar refractivity (Wildman–Crippen MR) is 34.8 cm³/mol. The van der Waals surface area contributed by atoms with Gasteiger partial charge in [0.2, 0.25) is 0 Å². The summed E-state index contributed by atoms with van der Waals surface area (Å²) in [4.78, 5) is 0. The molecule has 0 unspecified atom stereocenters. The highest BCUT2D eigenvalue weighted by atomic mass is 27.1. The van der Waals surface area contributed by atoms with Crippen LogP contribution in [0.2, 0.25) is 0 Å². The highest BCUT2D eigenvalue weighted by molar-refractivity contribution is 6.08. The van der Waals surface area contributed by atoms with Crippen LogP contribution >= 0.6 is 0 Å². The molecule has 1 aliphatic rings. The monoisotopic (exact) mass is 126 g/mol. The average Bonchev–Trinajstić information content (AvgIpc) is 1.87. The number of hydrogen-bond donors (Lipinski definition) is 0. The van der Waals surface area contributed by atoms with Gasteiger partial charge in [0.1, 0.15) is 0 Å². The van der Waals surface area contributed by atoms with E-state index in [1.165, 1.54) is 33.0 Å². The first-order chi connectivity index (χ1) is 3.29. The fourth-order valence-electron chi connectivity index (χ4n) is 0.674. The molecule has 1 aliphatic heterocycles. The number of hydrogen-bond acceptors (Lipinski definition) is 2. The van der Waals surface area contributed by atoms with Crippen LogP contribution in [-0.2, 0) is 0 Å². The van der Waals surface area contributed by atoms with Crippen LogP contribution in [0.5, 0.6) is 0 Å². The van der Waals surface area contributed by atoms with Crippen LogP contribution in [0.4, 0.5) is 0 Å². The van der Waals surface area contributed by atoms with Crippen LogP contribution in [0, 0.1) is 0 Å². The molecular weight excluding hydrogens is 118 g/mol. The van der Waals surface area contributed by atoms with Crippen molar-refractivity contribution in [3.05, 3.63) is 12.4 Å². The van der Waals surface area contributed by atoms with E-state index in [1.54, 1.807) is 0 Å². The Bertz CT molecular complexity index is 82.9. The van der Waals surface area contributed by atoms with E-state index in [-0.39, 0.29) is 0 Å². The Morgan fingerprint density at radius 1 is 1.14 bits per heavy atom. The molecule has 0 saturated heterocycles. The van der Waals surface area contributed by atoms with Gasteiger partial charge in [-0.05, 0) is 12.4 Å². The van der Waals surface area contributed by atoms with Gasteiger partial charge in [0.25, 0.3) is 0 Å². The summed E-state index contributed by atoms with van der Waals surface area (Å²) < 4.78 is 4.60. The number of nitrogens with zero attached hydrogens (tertiary/aromatic N) is 2. The van der Waals surface area contributed by atoms with Crippen molar-refractivity contribution in [3.63, 3.8) is 0 Å². The van der Waals surface area contributed by atoms with Crippen molar-refractivity contribution in [1.29, 1.82) is 0 Å². The molecule has 1 heterocycles. The average molecular weight is 126 g/mol. The maximum absolute atomic E-state index is 2.30. The van der Waals surface area contributed by atoms with E-state index >= 15 is 0 Å². The first-order valence-corrected chi connectivity index (χ1v) is 4.17. The molecular formula is C3H8Al2N2. The lowest BCUT2D eigenvalue weighted by Gasteiger charge is -2.13. The lowest BCUT2D eigenvalue weighted by molar-refractivity contribution is 0.496. The second-order valence-corrected chi connectivity index (χ2v) is 4.25. The molecule has 0 spiro atoms. The van der Waals surface area contributed by atoms with Crippen LogP contribution in [0.3, 0.4) is 0 Å². The molecule has 7 heavy (non-hydrogen) atoms. The Kier molecular flexibility index (Phi) is 1.67. The maximum Gasteiger partial charge on any atom is 0.365 e. The van der Waals surface area contributed by atoms with Crippen molar-refractivity contribution in [2.24, 2.45) is 0 Å². The SMILES string of the molecule is [AlH2][N]1C=C[N]([AlH2])C1. The fraction of sp³-hybridized carbons (Fsp3) is 0.333. The zero-order valence-corrected chi connectivity index (χ0v) is 8.76. The molecule has 0 saturated carbocycles. The largest absolute Gasteiger partial charge is 0.460 e. The summed E-state index contributed by atoms with van der Waals surface area (Å²) in [6.45, 7) is 1.15. The number of rotatable bonds is 0. The summed E-state index contributed by atoms with van der Waals surface area (Å²) >= 11 is 2.34. The second-order valence-electron chi connectivity index (χ2n) is 1.95. The van der Waals surface area contributed by atoms with Gasteiger partial charge in [-0.25, -0.2) is 0 Å². The molecule has 0 bridgehead atoms. The Labute approximate surface area is 60.1 Å². The third kappa shape index (κ3) is 1.41. The molecule has 2 nitrogen and oxygen atoms in total. The minimum absolute atomic E-state index is 1.15. The van der Waals surface area contributed by atoms with E-state index in [2.05, 4.69) is 20.2 Å². The minimum Gasteiger partial charge on any atom is -0.460 e. The van der Waals surface area contributed by atoms with Crippen LogP contribution in [0.25, 0.3) is 0 Å². The molecule has 0 atom stereocenters. The third-order valence-electron chi connectivity index (χ3n) is 1.02. The van der Waals surface area contributed by atoms with Gasteiger partial charge < -0.3 is 7.77 Å². The molecule has 36 valence electrons. The third-order valence-corrected chi connectivity index (χ3v) is 2.18. The van der Waals surface area contributed by atoms with Crippen LogP contribution in [0.15, 0.2) is 12.4 Å². The lowest BCUT2D eigenvalue weighted by atomic mass is 11.0. The summed E-state index contributed by atoms with van der Waals surface area (Å²) in [5.41, 5.74) is 0. The molecule has 0 fully saturated rings. The summed E-state index contributed by atoms with van der Waals surface area (Å²) in [6.07, 6.45) is 4.30. The molecule has 0 aromatic carbocycles. The Hall–Kier alpha value is 0.405. The molecule has 0 aromatic rings. The van der Waals surface area contributed by atoms with E-state index in [9.17, 15) is 0 Å². The first kappa shape index (κ1) is 5.54. The van der Waals surface area contributed by atoms with Crippen molar-refractivity contribution >= 4 is 33.0 Å². The smallest absolute Gasteiger partial charge is 0.365 e. The van der Waals surface area contributed by atoms with Gasteiger partial charge >= 0.3 is 33.0 Å². The molecule has 1 rings (SSSR count). The zero-order valence-electron chi connectivity index (χ0n) is 4.76. The Balaban J connectivity index is 2.42. The van der Waals surface area contributed by atoms with Crippen molar-refractivity contribution in [2.45, 2.75) is 0 Å². The van der Waals surface area contributed by atoms with Gasteiger partial charge in [-0.2, -0.15) is 0 Å². The molecule has 0 amide bonds. The quantitative estimate of drug-likeness (QED) is 0.351. The Morgan fingerprint density at radius 2 is 1.57 bits per heavy atom. The molecule has 0 N–H and O–H groups in total. The van der Waals surface area contributed by atoms with Gasteiger partial charge in [-0.3, -0.25) is 0 Å². The fourth-order valence-corrected chi connectivity index (χ4v) is 2.40. The predicted octanol–water partition coefficient (Wildman–Crippen LogP) is -1.87. The maximum atomic E-state index is 2.30. The van der Waals surface area contributed by atoms with Crippen molar-refractivity contribution in [3.8, 4) is 0 Å². The van der Waals surface area contributed by atoms with E-state index < -0.39 is 0 Å². The lowest BCUT2D eigenvalue weighted by Crippen LogP contribution is -2.20. The van der Waals surface area contributed by atoms with Crippen molar-refractivity contribution < 1.29 is 0 Å². The highest BCUT2D eigenvalue weighted by Crippen LogP contribution is 1.96. The molecule has 0 aromatic heterocycles. The van der Waals surface area contributed by atoms with Crippen molar-refractivity contribution in [1.82, 2.24) is 7.77 Å². The van der Waals surface area contributed by atoms with Gasteiger partial charge in [-0.1, -0.05) is 0 Å². The van der Waals surface area contributed by atoms with Crippen molar-refractivity contribution in [2.75, 3.05) is 6.67 Å². The van der Waals surface area contributed by atoms with Gasteiger partial charge in [0.15, 0.2) is 0 Å². The van der Waals surface area contributed by atoms with Crippen LogP contribution in [-0.4, -0.2) is 47.5 Å². The van der Waals surface area contributed by atoms with E-state index in [1.807, 2.05) is 0 Å². The van der Waals surface area contributed by atoms with Gasteiger partial charge in [0, 0.05) is 6.67 Å². The van der Waals surface area contributed by atoms with E-state index in [4.69, 9.17) is 0 Å². The van der Waals surface area contributed by atoms with Gasteiger partial charge in [0.05, 0.1) is 0 Å². The topological polar surface area (TPSA) is 6.48 Å². The normalized spacial score (nSPS) is 18.9. The summed E-state index contributed by atoms with van der Waals surface area (Å²) in [6, 6.07) is 0. The summed E-state index contributed by atoms with van der Waals surface area (Å²) in [5, 5.41) is 0. The zero-order chi connectivity index (χ0) is 5.28. The van der Waals surface area contributed by atoms with E-state index in [0.717, 1.165) is 6.67 Å². The first-order valence-electron chi connectivity index (χ1n) is 2.38. The Morgan fingerprint density at radius 3 is 1.71 bits per heavy atom. The highest BCUT2D eigenvalue weighted by Gasteiger charge is 1.98. The summed E-state index contributed by atoms with van der Waals surface area (Å²) in [5.74, 6) is 0. The van der Waals surface area contributed by atoms with Crippen LogP contribution < -0.4 is 0 Å². The standard InChI is InChI=1S/C3H4N2.2Al.4H/c1-2-5-3-4-1;;;;;;/h1-2H,3H2;;;;;;/q-2;2*+1;;;;. The molecule has 0 aliphatic carbocycles. The van der Waals surface area contributed by atoms with Crippen LogP contribution in [0.1, 0.15) is 0 Å². The second kappa shape index (κ2) is 2.12. The van der Waals surface area contributed by atoms with Gasteiger partial charge in [-0.15, -0.1) is 0 Å².